The minimum Gasteiger partial charge on any atom is -0.436 e. The fourth-order valence-electron chi connectivity index (χ4n) is 2.99. The van der Waals surface area contributed by atoms with Crippen LogP contribution in [0.5, 0.6) is 0 Å². The van der Waals surface area contributed by atoms with Gasteiger partial charge in [-0.3, -0.25) is 0 Å². The molecule has 0 spiro atoms. The van der Waals surface area contributed by atoms with Gasteiger partial charge in [0.1, 0.15) is 5.52 Å². The molecule has 112 valence electrons. The molecule has 0 aliphatic carbocycles. The molecule has 1 fully saturated rings. The van der Waals surface area contributed by atoms with Gasteiger partial charge in [-0.15, -0.1) is 0 Å². The van der Waals surface area contributed by atoms with E-state index in [1.165, 1.54) is 24.9 Å². The predicted molar refractivity (Wildman–Crippen MR) is 90.5 cm³/mol. The molecule has 4 rings (SSSR count). The third-order valence-electron chi connectivity index (χ3n) is 4.19. The molecular formula is C18H17ClN2O. The fraction of sp³-hybridized carbons (Fsp3) is 0.278. The number of halogens is 1. The third-order valence-corrected chi connectivity index (χ3v) is 4.42. The Morgan fingerprint density at radius 2 is 1.73 bits per heavy atom. The number of oxazole rings is 1. The van der Waals surface area contributed by atoms with Crippen LogP contribution in [0.2, 0.25) is 5.02 Å². The number of nitrogens with zero attached hydrogens (tertiary/aromatic N) is 2. The highest BCUT2D eigenvalue weighted by Gasteiger charge is 2.12. The van der Waals surface area contributed by atoms with E-state index < -0.39 is 0 Å². The van der Waals surface area contributed by atoms with Crippen LogP contribution >= 0.6 is 11.6 Å². The summed E-state index contributed by atoms with van der Waals surface area (Å²) in [6.07, 6.45) is 3.92. The first kappa shape index (κ1) is 13.6. The molecule has 0 bridgehead atoms. The lowest BCUT2D eigenvalue weighted by Gasteiger charge is -2.28. The molecule has 0 amide bonds. The fourth-order valence-corrected chi connectivity index (χ4v) is 3.16. The molecule has 3 aromatic rings. The lowest BCUT2D eigenvalue weighted by atomic mass is 10.1. The Kier molecular flexibility index (Phi) is 3.51. The number of anilines is 1. The highest BCUT2D eigenvalue weighted by atomic mass is 35.5. The molecule has 0 saturated carbocycles. The zero-order chi connectivity index (χ0) is 14.9. The van der Waals surface area contributed by atoms with Crippen molar-refractivity contribution >= 4 is 28.4 Å². The summed E-state index contributed by atoms with van der Waals surface area (Å²) in [4.78, 5) is 6.96. The van der Waals surface area contributed by atoms with Crippen molar-refractivity contribution in [3.05, 3.63) is 47.5 Å². The van der Waals surface area contributed by atoms with Gasteiger partial charge in [-0.1, -0.05) is 11.6 Å². The standard InChI is InChI=1S/C18H17ClN2O/c19-14-6-9-17-16(12-14)20-18(22-17)13-4-7-15(8-5-13)21-10-2-1-3-11-21/h4-9,12H,1-3,10-11H2. The molecule has 0 radical (unpaired) electrons. The van der Waals surface area contributed by atoms with Gasteiger partial charge in [0.15, 0.2) is 5.58 Å². The minimum atomic E-state index is 0.641. The molecular weight excluding hydrogens is 296 g/mol. The van der Waals surface area contributed by atoms with E-state index >= 15 is 0 Å². The van der Waals surface area contributed by atoms with Gasteiger partial charge in [-0.05, 0) is 61.7 Å². The van der Waals surface area contributed by atoms with Crippen LogP contribution in [0.25, 0.3) is 22.6 Å². The maximum atomic E-state index is 5.99. The Labute approximate surface area is 134 Å². The molecule has 3 nitrogen and oxygen atoms in total. The van der Waals surface area contributed by atoms with E-state index in [1.54, 1.807) is 0 Å². The van der Waals surface area contributed by atoms with Gasteiger partial charge < -0.3 is 9.32 Å². The van der Waals surface area contributed by atoms with Crippen molar-refractivity contribution in [2.75, 3.05) is 18.0 Å². The Balaban J connectivity index is 1.63. The Bertz CT molecular complexity index is 788. The Hall–Kier alpha value is -2.00. The SMILES string of the molecule is Clc1ccc2oc(-c3ccc(N4CCCCC4)cc3)nc2c1. The predicted octanol–water partition coefficient (Wildman–Crippen LogP) is 5.14. The van der Waals surface area contributed by atoms with Crippen molar-refractivity contribution in [2.45, 2.75) is 19.3 Å². The number of fused-ring (bicyclic) bond motifs is 1. The van der Waals surface area contributed by atoms with Crippen molar-refractivity contribution in [3.8, 4) is 11.5 Å². The van der Waals surface area contributed by atoms with Crippen molar-refractivity contribution in [2.24, 2.45) is 0 Å². The van der Waals surface area contributed by atoms with Gasteiger partial charge in [-0.25, -0.2) is 4.98 Å². The molecule has 0 atom stereocenters. The van der Waals surface area contributed by atoms with E-state index in [0.29, 0.717) is 10.9 Å². The van der Waals surface area contributed by atoms with Gasteiger partial charge in [0.2, 0.25) is 5.89 Å². The summed E-state index contributed by atoms with van der Waals surface area (Å²) in [6.45, 7) is 2.31. The van der Waals surface area contributed by atoms with Gasteiger partial charge >= 0.3 is 0 Å². The Morgan fingerprint density at radius 1 is 0.955 bits per heavy atom. The number of hydrogen-bond acceptors (Lipinski definition) is 3. The second-order valence-corrected chi connectivity index (χ2v) is 6.16. The summed E-state index contributed by atoms with van der Waals surface area (Å²) in [5.74, 6) is 0.641. The maximum Gasteiger partial charge on any atom is 0.227 e. The van der Waals surface area contributed by atoms with Gasteiger partial charge in [-0.2, -0.15) is 0 Å². The molecule has 1 aromatic heterocycles. The lowest BCUT2D eigenvalue weighted by molar-refractivity contribution is 0.578. The number of aromatic nitrogens is 1. The maximum absolute atomic E-state index is 5.99. The topological polar surface area (TPSA) is 29.3 Å². The average Bonchev–Trinajstić information content (AvgIpc) is 2.99. The van der Waals surface area contributed by atoms with Crippen LogP contribution in [0, 0.1) is 0 Å². The molecule has 0 N–H and O–H groups in total. The van der Waals surface area contributed by atoms with Crippen molar-refractivity contribution in [1.82, 2.24) is 4.98 Å². The zero-order valence-electron chi connectivity index (χ0n) is 12.3. The summed E-state index contributed by atoms with van der Waals surface area (Å²) >= 11 is 5.99. The number of piperidine rings is 1. The van der Waals surface area contributed by atoms with Gasteiger partial charge in [0.25, 0.3) is 0 Å². The Morgan fingerprint density at radius 3 is 2.50 bits per heavy atom. The van der Waals surface area contributed by atoms with E-state index in [1.807, 2.05) is 18.2 Å². The summed E-state index contributed by atoms with van der Waals surface area (Å²) in [5, 5.41) is 0.674. The summed E-state index contributed by atoms with van der Waals surface area (Å²) in [6, 6.07) is 14.0. The normalized spacial score (nSPS) is 15.4. The first-order valence-electron chi connectivity index (χ1n) is 7.71. The van der Waals surface area contributed by atoms with Gasteiger partial charge in [0, 0.05) is 29.4 Å². The molecule has 0 unspecified atom stereocenters. The average molecular weight is 313 g/mol. The molecule has 1 aliphatic rings. The van der Waals surface area contributed by atoms with Crippen LogP contribution in [-0.4, -0.2) is 18.1 Å². The number of hydrogen-bond donors (Lipinski definition) is 0. The molecule has 2 aromatic carbocycles. The monoisotopic (exact) mass is 312 g/mol. The van der Waals surface area contributed by atoms with Crippen LogP contribution < -0.4 is 4.90 Å². The second kappa shape index (κ2) is 5.65. The summed E-state index contributed by atoms with van der Waals surface area (Å²) in [7, 11) is 0. The van der Waals surface area contributed by atoms with E-state index in [0.717, 1.165) is 29.8 Å². The van der Waals surface area contributed by atoms with Crippen LogP contribution in [0.1, 0.15) is 19.3 Å². The van der Waals surface area contributed by atoms with E-state index in [-0.39, 0.29) is 0 Å². The highest BCUT2D eigenvalue weighted by molar-refractivity contribution is 6.31. The molecule has 1 aliphatic heterocycles. The van der Waals surface area contributed by atoms with Crippen LogP contribution in [-0.2, 0) is 0 Å². The largest absolute Gasteiger partial charge is 0.436 e. The second-order valence-electron chi connectivity index (χ2n) is 5.73. The van der Waals surface area contributed by atoms with E-state index in [9.17, 15) is 0 Å². The molecule has 1 saturated heterocycles. The smallest absolute Gasteiger partial charge is 0.227 e. The molecule has 2 heterocycles. The van der Waals surface area contributed by atoms with Gasteiger partial charge in [0.05, 0.1) is 0 Å². The van der Waals surface area contributed by atoms with Crippen LogP contribution in [0.3, 0.4) is 0 Å². The van der Waals surface area contributed by atoms with Crippen LogP contribution in [0.15, 0.2) is 46.9 Å². The zero-order valence-corrected chi connectivity index (χ0v) is 13.0. The van der Waals surface area contributed by atoms with E-state index in [4.69, 9.17) is 16.0 Å². The highest BCUT2D eigenvalue weighted by Crippen LogP contribution is 2.28. The van der Waals surface area contributed by atoms with Crippen molar-refractivity contribution in [3.63, 3.8) is 0 Å². The van der Waals surface area contributed by atoms with E-state index in [2.05, 4.69) is 34.1 Å². The first-order chi connectivity index (χ1) is 10.8. The van der Waals surface area contributed by atoms with Crippen molar-refractivity contribution in [1.29, 1.82) is 0 Å². The third kappa shape index (κ3) is 2.57. The van der Waals surface area contributed by atoms with Crippen molar-refractivity contribution < 1.29 is 4.42 Å². The summed E-state index contributed by atoms with van der Waals surface area (Å²) in [5.41, 5.74) is 3.83. The van der Waals surface area contributed by atoms with Crippen LogP contribution in [0.4, 0.5) is 5.69 Å². The number of rotatable bonds is 2. The number of benzene rings is 2. The molecule has 4 heteroatoms. The first-order valence-corrected chi connectivity index (χ1v) is 8.09. The minimum absolute atomic E-state index is 0.641. The quantitative estimate of drug-likeness (QED) is 0.656. The molecule has 22 heavy (non-hydrogen) atoms. The summed E-state index contributed by atoms with van der Waals surface area (Å²) < 4.78 is 5.81. The lowest BCUT2D eigenvalue weighted by Crippen LogP contribution is -2.29.